The Kier molecular flexibility index (Phi) is 7.22. The number of hydrogen-bond acceptors (Lipinski definition) is 3. The van der Waals surface area contributed by atoms with Crippen molar-refractivity contribution in [1.82, 2.24) is 4.90 Å². The number of allylic oxidation sites excluding steroid dienone is 2. The highest BCUT2D eigenvalue weighted by Gasteiger charge is 2.25. The second kappa shape index (κ2) is 9.84. The Morgan fingerprint density at radius 3 is 2.19 bits per heavy atom. The fourth-order valence-corrected chi connectivity index (χ4v) is 3.79. The highest BCUT2D eigenvalue weighted by atomic mass is 16.5. The summed E-state index contributed by atoms with van der Waals surface area (Å²) in [7, 11) is 0. The first kappa shape index (κ1) is 19.8. The summed E-state index contributed by atoms with van der Waals surface area (Å²) < 4.78 is 5.49. The van der Waals surface area contributed by atoms with Gasteiger partial charge in [0.05, 0.1) is 19.3 Å². The van der Waals surface area contributed by atoms with Crippen LogP contribution < -0.4 is 0 Å². The van der Waals surface area contributed by atoms with Gasteiger partial charge in [-0.2, -0.15) is 0 Å². The Morgan fingerprint density at radius 2 is 1.56 bits per heavy atom. The first-order chi connectivity index (χ1) is 13.1. The minimum atomic E-state index is -0.465. The normalized spacial score (nSPS) is 18.6. The van der Waals surface area contributed by atoms with Gasteiger partial charge in [-0.05, 0) is 37.0 Å². The van der Waals surface area contributed by atoms with Crippen molar-refractivity contribution in [2.24, 2.45) is 5.92 Å². The zero-order valence-electron chi connectivity index (χ0n) is 16.5. The molecule has 3 nitrogen and oxygen atoms in total. The molecule has 1 fully saturated rings. The van der Waals surface area contributed by atoms with Gasteiger partial charge in [0.15, 0.2) is 0 Å². The summed E-state index contributed by atoms with van der Waals surface area (Å²) in [5, 5.41) is 11.1. The van der Waals surface area contributed by atoms with Gasteiger partial charge in [0.2, 0.25) is 0 Å². The Hall–Kier alpha value is -1.94. The molecule has 1 saturated heterocycles. The number of aliphatic hydroxyl groups is 1. The third-order valence-electron chi connectivity index (χ3n) is 5.60. The van der Waals surface area contributed by atoms with Gasteiger partial charge in [-0.1, -0.05) is 66.2 Å². The van der Waals surface area contributed by atoms with E-state index in [0.29, 0.717) is 0 Å². The summed E-state index contributed by atoms with van der Waals surface area (Å²) in [6, 6.07) is 20.6. The highest BCUT2D eigenvalue weighted by molar-refractivity contribution is 5.66. The molecule has 1 aliphatic rings. The van der Waals surface area contributed by atoms with E-state index in [2.05, 4.69) is 43.0 Å². The summed E-state index contributed by atoms with van der Waals surface area (Å²) in [5.74, 6) is 0.157. The van der Waals surface area contributed by atoms with Crippen molar-refractivity contribution in [2.75, 3.05) is 32.8 Å². The summed E-state index contributed by atoms with van der Waals surface area (Å²) in [5.41, 5.74) is 4.91. The summed E-state index contributed by atoms with van der Waals surface area (Å²) in [6.45, 7) is 8.73. The molecule has 2 aromatic carbocycles. The zero-order chi connectivity index (χ0) is 19.1. The van der Waals surface area contributed by atoms with Crippen LogP contribution in [-0.4, -0.2) is 42.9 Å². The first-order valence-electron chi connectivity index (χ1n) is 9.90. The fraction of sp³-hybridized carbons (Fsp3) is 0.417. The van der Waals surface area contributed by atoms with Crippen LogP contribution in [0.1, 0.15) is 37.5 Å². The molecule has 2 aromatic rings. The van der Waals surface area contributed by atoms with Gasteiger partial charge in [-0.15, -0.1) is 0 Å². The first-order valence-corrected chi connectivity index (χ1v) is 9.90. The van der Waals surface area contributed by atoms with E-state index in [4.69, 9.17) is 4.74 Å². The fourth-order valence-electron chi connectivity index (χ4n) is 3.79. The van der Waals surface area contributed by atoms with Gasteiger partial charge < -0.3 is 9.84 Å². The van der Waals surface area contributed by atoms with E-state index in [9.17, 15) is 5.11 Å². The molecule has 0 saturated carbocycles. The number of aliphatic hydroxyl groups excluding tert-OH is 1. The van der Waals surface area contributed by atoms with Gasteiger partial charge in [0.1, 0.15) is 0 Å². The van der Waals surface area contributed by atoms with E-state index in [1.165, 1.54) is 16.7 Å². The molecule has 0 spiro atoms. The maximum absolute atomic E-state index is 11.1. The average molecular weight is 366 g/mol. The van der Waals surface area contributed by atoms with Gasteiger partial charge in [0.25, 0.3) is 0 Å². The van der Waals surface area contributed by atoms with Crippen LogP contribution in [0.3, 0.4) is 0 Å². The molecule has 2 atom stereocenters. The van der Waals surface area contributed by atoms with E-state index in [1.54, 1.807) is 0 Å². The maximum atomic E-state index is 11.1. The third kappa shape index (κ3) is 5.52. The van der Waals surface area contributed by atoms with Gasteiger partial charge in [0, 0.05) is 25.6 Å². The largest absolute Gasteiger partial charge is 0.388 e. The number of ether oxygens (including phenoxy) is 1. The molecule has 144 valence electrons. The van der Waals surface area contributed by atoms with Crippen LogP contribution >= 0.6 is 0 Å². The molecular formula is C24H31NO2. The highest BCUT2D eigenvalue weighted by Crippen LogP contribution is 2.31. The molecule has 3 heteroatoms. The smallest absolute Gasteiger partial charge is 0.0833 e. The molecular weight excluding hydrogens is 334 g/mol. The van der Waals surface area contributed by atoms with Crippen LogP contribution in [0, 0.1) is 5.92 Å². The Bertz CT molecular complexity index is 721. The molecule has 0 radical (unpaired) electrons. The Labute approximate surface area is 163 Å². The van der Waals surface area contributed by atoms with Crippen molar-refractivity contribution in [3.63, 3.8) is 0 Å². The van der Waals surface area contributed by atoms with Crippen LogP contribution in [0.15, 0.2) is 66.2 Å². The van der Waals surface area contributed by atoms with Crippen LogP contribution in [0.2, 0.25) is 0 Å². The minimum Gasteiger partial charge on any atom is -0.388 e. The number of morpholine rings is 1. The van der Waals surface area contributed by atoms with E-state index >= 15 is 0 Å². The molecule has 0 aromatic heterocycles. The average Bonchev–Trinajstić information content (AvgIpc) is 2.74. The molecule has 1 N–H and O–H groups in total. The van der Waals surface area contributed by atoms with Gasteiger partial charge in [-0.3, -0.25) is 4.90 Å². The Balaban J connectivity index is 1.80. The lowest BCUT2D eigenvalue weighted by molar-refractivity contribution is 0.0117. The van der Waals surface area contributed by atoms with E-state index in [0.717, 1.165) is 44.8 Å². The summed E-state index contributed by atoms with van der Waals surface area (Å²) in [4.78, 5) is 2.42. The van der Waals surface area contributed by atoms with E-state index in [-0.39, 0.29) is 5.92 Å². The number of benzene rings is 2. The molecule has 1 heterocycles. The van der Waals surface area contributed by atoms with Crippen LogP contribution in [0.4, 0.5) is 0 Å². The van der Waals surface area contributed by atoms with E-state index < -0.39 is 6.10 Å². The second-order valence-corrected chi connectivity index (χ2v) is 7.50. The van der Waals surface area contributed by atoms with Crippen molar-refractivity contribution in [1.29, 1.82) is 0 Å². The van der Waals surface area contributed by atoms with Crippen molar-refractivity contribution in [3.05, 3.63) is 77.4 Å². The lowest BCUT2D eigenvalue weighted by atomic mass is 9.87. The predicted octanol–water partition coefficient (Wildman–Crippen LogP) is 4.55. The molecule has 0 bridgehead atoms. The Morgan fingerprint density at radius 1 is 0.963 bits per heavy atom. The number of rotatable bonds is 7. The van der Waals surface area contributed by atoms with Crippen molar-refractivity contribution < 1.29 is 9.84 Å². The number of nitrogens with zero attached hydrogens (tertiary/aromatic N) is 1. The molecule has 0 aliphatic carbocycles. The third-order valence-corrected chi connectivity index (χ3v) is 5.60. The molecule has 3 rings (SSSR count). The quantitative estimate of drug-likeness (QED) is 0.781. The maximum Gasteiger partial charge on any atom is 0.0833 e. The number of hydrogen-bond donors (Lipinski definition) is 1. The molecule has 2 unspecified atom stereocenters. The van der Waals surface area contributed by atoms with Crippen molar-refractivity contribution in [2.45, 2.75) is 26.4 Å². The van der Waals surface area contributed by atoms with Crippen LogP contribution in [0.25, 0.3) is 5.57 Å². The second-order valence-electron chi connectivity index (χ2n) is 7.50. The monoisotopic (exact) mass is 365 g/mol. The molecule has 1 aliphatic heterocycles. The topological polar surface area (TPSA) is 32.7 Å². The lowest BCUT2D eigenvalue weighted by Gasteiger charge is -2.33. The lowest BCUT2D eigenvalue weighted by Crippen LogP contribution is -2.40. The van der Waals surface area contributed by atoms with Crippen LogP contribution in [-0.2, 0) is 4.74 Å². The van der Waals surface area contributed by atoms with Gasteiger partial charge >= 0.3 is 0 Å². The summed E-state index contributed by atoms with van der Waals surface area (Å²) in [6.07, 6.45) is 0.418. The standard InChI is InChI=1S/C24H31NO2/c1-19(20(2)21-9-5-3-6-10-21)17-23(18-25-13-15-27-16-14-25)24(26)22-11-7-4-8-12-22/h3-12,23-24,26H,13-18H2,1-2H3. The van der Waals surface area contributed by atoms with Crippen molar-refractivity contribution >= 4 is 5.57 Å². The van der Waals surface area contributed by atoms with E-state index in [1.807, 2.05) is 36.4 Å². The zero-order valence-corrected chi connectivity index (χ0v) is 16.5. The minimum absolute atomic E-state index is 0.157. The molecule has 27 heavy (non-hydrogen) atoms. The molecule has 0 amide bonds. The predicted molar refractivity (Wildman–Crippen MR) is 111 cm³/mol. The van der Waals surface area contributed by atoms with Gasteiger partial charge in [-0.25, -0.2) is 0 Å². The summed E-state index contributed by atoms with van der Waals surface area (Å²) >= 11 is 0. The SMILES string of the molecule is CC(CC(CN1CCOCC1)C(O)c1ccccc1)=C(C)c1ccccc1. The van der Waals surface area contributed by atoms with Crippen LogP contribution in [0.5, 0.6) is 0 Å². The van der Waals surface area contributed by atoms with Crippen molar-refractivity contribution in [3.8, 4) is 0 Å².